The van der Waals surface area contributed by atoms with Crippen LogP contribution in [0.3, 0.4) is 0 Å². The van der Waals surface area contributed by atoms with Crippen molar-refractivity contribution in [3.05, 3.63) is 76.1 Å². The zero-order valence-electron chi connectivity index (χ0n) is 27.5. The third-order valence-electron chi connectivity index (χ3n) is 6.63. The third kappa shape index (κ3) is 9.45. The molecule has 260 valence electrons. The highest BCUT2D eigenvalue weighted by Crippen LogP contribution is 2.37. The summed E-state index contributed by atoms with van der Waals surface area (Å²) in [5.74, 6) is -2.34. The summed E-state index contributed by atoms with van der Waals surface area (Å²) in [6.07, 6.45) is -4.25. The predicted octanol–water partition coefficient (Wildman–Crippen LogP) is 5.22. The number of carbonyl (C=O) groups is 4. The number of amides is 3. The predicted molar refractivity (Wildman–Crippen MR) is 168 cm³/mol. The van der Waals surface area contributed by atoms with Crippen molar-refractivity contribution in [1.82, 2.24) is 18.9 Å². The molecular weight excluding hydrogens is 642 g/mol. The van der Waals surface area contributed by atoms with Crippen LogP contribution in [0.15, 0.2) is 53.5 Å². The number of nitrogens with zero attached hydrogens (tertiary/aromatic N) is 4. The number of halogens is 4. The second kappa shape index (κ2) is 14.7. The smallest absolute Gasteiger partial charge is 0.419 e. The number of allylic oxidation sites excluding steroid dienone is 1. The fraction of sp³-hybridized carbons (Fsp3) is 0.406. The lowest BCUT2D eigenvalue weighted by molar-refractivity contribution is -0.136. The van der Waals surface area contributed by atoms with Crippen molar-refractivity contribution in [3.63, 3.8) is 0 Å². The fourth-order valence-corrected chi connectivity index (χ4v) is 4.41. The van der Waals surface area contributed by atoms with Gasteiger partial charge in [-0.05, 0) is 70.0 Å². The van der Waals surface area contributed by atoms with Crippen molar-refractivity contribution in [2.24, 2.45) is 0 Å². The molecule has 1 N–H and O–H groups in total. The number of alkyl halides is 3. The molecule has 12 nitrogen and oxygen atoms in total. The van der Waals surface area contributed by atoms with Crippen LogP contribution in [-0.4, -0.2) is 82.8 Å². The van der Waals surface area contributed by atoms with E-state index in [-0.39, 0.29) is 41.6 Å². The maximum absolute atomic E-state index is 14.3. The molecule has 0 saturated carbocycles. The van der Waals surface area contributed by atoms with Crippen LogP contribution in [0.2, 0.25) is 0 Å². The topological polar surface area (TPSA) is 132 Å². The average Bonchev–Trinajstić information content (AvgIpc) is 3.31. The summed E-state index contributed by atoms with van der Waals surface area (Å²) in [7, 11) is 5.94. The zero-order chi connectivity index (χ0) is 36.1. The summed E-state index contributed by atoms with van der Waals surface area (Å²) in [5.41, 5.74) is -4.41. The summed E-state index contributed by atoms with van der Waals surface area (Å²) in [4.78, 5) is 66.5. The molecule has 3 amide bonds. The van der Waals surface area contributed by atoms with Crippen molar-refractivity contribution in [2.75, 3.05) is 33.5 Å². The highest BCUT2D eigenvalue weighted by molar-refractivity contribution is 5.95. The normalized spacial score (nSPS) is 12.6. The first-order valence-electron chi connectivity index (χ1n) is 14.6. The number of hydrogen-bond donors (Lipinski definition) is 1. The highest BCUT2D eigenvalue weighted by Gasteiger charge is 2.37. The minimum Gasteiger partial charge on any atom is -0.443 e. The molecule has 16 heteroatoms. The first kappa shape index (κ1) is 37.3. The van der Waals surface area contributed by atoms with E-state index in [4.69, 9.17) is 9.47 Å². The molecule has 0 fully saturated rings. The van der Waals surface area contributed by atoms with Crippen LogP contribution in [0.25, 0.3) is 10.9 Å². The van der Waals surface area contributed by atoms with E-state index in [0.29, 0.717) is 4.57 Å². The van der Waals surface area contributed by atoms with E-state index in [1.165, 1.54) is 70.2 Å². The van der Waals surface area contributed by atoms with Gasteiger partial charge in [-0.1, -0.05) is 6.08 Å². The standard InChI is InChI=1S/C32H37F4N5O7/c1-31(2,3)48-30(46)41-21(16-19-15-20(33)17-22(26(19)41)32(34,35)36)18-40-14-10-11-23(28(40)44)37-27(43)24(47-29(45)39(6)7)12-8-9-13-25(42)38(4)5/h9-11,13-17,24H,8,12,18H2,1-7H3,(H,37,43)/b13-9+/t24-/m0/s1. The highest BCUT2D eigenvalue weighted by atomic mass is 19.4. The van der Waals surface area contributed by atoms with Crippen LogP contribution < -0.4 is 10.9 Å². The second-order valence-electron chi connectivity index (χ2n) is 12.2. The molecule has 0 aliphatic rings. The molecule has 2 aromatic heterocycles. The molecule has 0 spiro atoms. The van der Waals surface area contributed by atoms with Gasteiger partial charge in [-0.15, -0.1) is 0 Å². The van der Waals surface area contributed by atoms with Gasteiger partial charge < -0.3 is 29.2 Å². The van der Waals surface area contributed by atoms with Gasteiger partial charge >= 0.3 is 18.4 Å². The first-order chi connectivity index (χ1) is 22.2. The maximum Gasteiger partial charge on any atom is 0.419 e. The number of hydrogen-bond acceptors (Lipinski definition) is 7. The number of benzene rings is 1. The minimum atomic E-state index is -5.04. The Labute approximate surface area is 273 Å². The fourth-order valence-electron chi connectivity index (χ4n) is 4.41. The number of pyridine rings is 1. The van der Waals surface area contributed by atoms with Gasteiger partial charge in [0.05, 0.1) is 23.3 Å². The molecule has 0 radical (unpaired) electrons. The summed E-state index contributed by atoms with van der Waals surface area (Å²) >= 11 is 0. The van der Waals surface area contributed by atoms with E-state index in [1.54, 1.807) is 14.1 Å². The number of aromatic nitrogens is 2. The number of ether oxygens (including phenoxy) is 2. The Morgan fingerprint density at radius 2 is 1.69 bits per heavy atom. The third-order valence-corrected chi connectivity index (χ3v) is 6.63. The lowest BCUT2D eigenvalue weighted by Gasteiger charge is -2.22. The van der Waals surface area contributed by atoms with E-state index in [9.17, 15) is 41.5 Å². The Balaban J connectivity index is 2.00. The number of fused-ring (bicyclic) bond motifs is 1. The van der Waals surface area contributed by atoms with Crippen molar-refractivity contribution >= 4 is 40.6 Å². The van der Waals surface area contributed by atoms with Crippen LogP contribution in [0.1, 0.15) is 44.9 Å². The summed E-state index contributed by atoms with van der Waals surface area (Å²) in [5, 5.41) is 2.16. The van der Waals surface area contributed by atoms with Gasteiger partial charge in [0, 0.05) is 39.8 Å². The molecule has 0 unspecified atom stereocenters. The average molecular weight is 680 g/mol. The maximum atomic E-state index is 14.3. The quantitative estimate of drug-likeness (QED) is 0.242. The van der Waals surface area contributed by atoms with Crippen molar-refractivity contribution in [3.8, 4) is 0 Å². The molecule has 0 aliphatic carbocycles. The van der Waals surface area contributed by atoms with Gasteiger partial charge in [0.15, 0.2) is 6.10 Å². The zero-order valence-corrected chi connectivity index (χ0v) is 27.5. The Morgan fingerprint density at radius 3 is 2.27 bits per heavy atom. The molecule has 1 atom stereocenters. The van der Waals surface area contributed by atoms with Gasteiger partial charge in [-0.25, -0.2) is 18.5 Å². The van der Waals surface area contributed by atoms with E-state index < -0.39 is 65.0 Å². The first-order valence-corrected chi connectivity index (χ1v) is 14.6. The molecule has 3 rings (SSSR count). The summed E-state index contributed by atoms with van der Waals surface area (Å²) < 4.78 is 68.7. The Hall–Kier alpha value is -5.15. The monoisotopic (exact) mass is 679 g/mol. The number of anilines is 1. The number of rotatable bonds is 9. The van der Waals surface area contributed by atoms with Crippen LogP contribution in [0.4, 0.5) is 32.8 Å². The van der Waals surface area contributed by atoms with E-state index in [0.717, 1.165) is 21.6 Å². The Kier molecular flexibility index (Phi) is 11.5. The van der Waals surface area contributed by atoms with Gasteiger partial charge in [-0.3, -0.25) is 14.4 Å². The second-order valence-corrected chi connectivity index (χ2v) is 12.2. The lowest BCUT2D eigenvalue weighted by Crippen LogP contribution is -2.37. The molecule has 0 bridgehead atoms. The molecule has 2 heterocycles. The van der Waals surface area contributed by atoms with Crippen LogP contribution in [-0.2, 0) is 31.8 Å². The van der Waals surface area contributed by atoms with E-state index in [2.05, 4.69) is 5.32 Å². The minimum absolute atomic E-state index is 0.0439. The van der Waals surface area contributed by atoms with Crippen molar-refractivity contribution < 1.29 is 46.2 Å². The van der Waals surface area contributed by atoms with Crippen LogP contribution in [0.5, 0.6) is 0 Å². The van der Waals surface area contributed by atoms with Crippen LogP contribution in [0, 0.1) is 5.82 Å². The molecule has 48 heavy (non-hydrogen) atoms. The lowest BCUT2D eigenvalue weighted by atomic mass is 10.1. The van der Waals surface area contributed by atoms with Crippen molar-refractivity contribution in [2.45, 2.75) is 58.0 Å². The molecule has 0 aliphatic heterocycles. The van der Waals surface area contributed by atoms with Crippen LogP contribution >= 0.6 is 0 Å². The van der Waals surface area contributed by atoms with E-state index in [1.807, 2.05) is 0 Å². The Bertz CT molecular complexity index is 1790. The molecule has 1 aromatic carbocycles. The van der Waals surface area contributed by atoms with Gasteiger partial charge in [-0.2, -0.15) is 13.2 Å². The van der Waals surface area contributed by atoms with E-state index >= 15 is 0 Å². The number of nitrogens with one attached hydrogen (secondary N) is 1. The van der Waals surface area contributed by atoms with Gasteiger partial charge in [0.1, 0.15) is 17.1 Å². The largest absolute Gasteiger partial charge is 0.443 e. The van der Waals surface area contributed by atoms with Crippen molar-refractivity contribution in [1.29, 1.82) is 0 Å². The summed E-state index contributed by atoms with van der Waals surface area (Å²) in [6.45, 7) is 4.05. The summed E-state index contributed by atoms with van der Waals surface area (Å²) in [6, 6.07) is 4.87. The Morgan fingerprint density at radius 1 is 1.02 bits per heavy atom. The number of likely N-dealkylation sites (N-methyl/N-ethyl adjacent to an activating group) is 1. The molecular formula is C32H37F4N5O7. The molecule has 3 aromatic rings. The van der Waals surface area contributed by atoms with Gasteiger partial charge in [0.2, 0.25) is 5.91 Å². The SMILES string of the molecule is CN(C)C(=O)/C=C/CC[C@H](OC(=O)N(C)C)C(=O)Nc1cccn(Cc2cc3cc(F)cc(C(F)(F)F)c3n2C(=O)OC(C)(C)C)c1=O. The molecule has 0 saturated heterocycles. The van der Waals surface area contributed by atoms with Gasteiger partial charge in [0.25, 0.3) is 11.5 Å². The number of carbonyl (C=O) groups excluding carboxylic acids is 4.